The van der Waals surface area contributed by atoms with Crippen LogP contribution in [0.25, 0.3) is 0 Å². The van der Waals surface area contributed by atoms with Crippen LogP contribution in [0, 0.1) is 5.41 Å². The Labute approximate surface area is 109 Å². The molecular formula is C14H24N2O2. The third-order valence-electron chi connectivity index (χ3n) is 3.10. The van der Waals surface area contributed by atoms with Crippen LogP contribution in [0.3, 0.4) is 0 Å². The summed E-state index contributed by atoms with van der Waals surface area (Å²) >= 11 is 0. The van der Waals surface area contributed by atoms with Gasteiger partial charge >= 0.3 is 0 Å². The molecule has 0 aliphatic carbocycles. The average Bonchev–Trinajstić information content (AvgIpc) is 2.33. The van der Waals surface area contributed by atoms with Gasteiger partial charge in [0, 0.05) is 13.1 Å². The first-order chi connectivity index (χ1) is 8.38. The van der Waals surface area contributed by atoms with Gasteiger partial charge in [-0.15, -0.1) is 0 Å². The minimum atomic E-state index is -0.0795. The Morgan fingerprint density at radius 1 is 1.22 bits per heavy atom. The summed E-state index contributed by atoms with van der Waals surface area (Å²) < 4.78 is 0. The largest absolute Gasteiger partial charge is 0.504 e. The highest BCUT2D eigenvalue weighted by Gasteiger charge is 2.19. The molecule has 4 heteroatoms. The number of nitrogens with zero attached hydrogens (tertiary/aromatic N) is 1. The topological polar surface area (TPSA) is 69.7 Å². The summed E-state index contributed by atoms with van der Waals surface area (Å²) in [6, 6.07) is 4.95. The van der Waals surface area contributed by atoms with Crippen LogP contribution in [-0.4, -0.2) is 34.7 Å². The molecule has 0 saturated heterocycles. The van der Waals surface area contributed by atoms with Crippen molar-refractivity contribution in [1.82, 2.24) is 4.90 Å². The van der Waals surface area contributed by atoms with Gasteiger partial charge in [-0.2, -0.15) is 0 Å². The van der Waals surface area contributed by atoms with E-state index in [1.165, 1.54) is 6.07 Å². The predicted molar refractivity (Wildman–Crippen MR) is 73.6 cm³/mol. The fraction of sp³-hybridized carbons (Fsp3) is 0.571. The predicted octanol–water partition coefficient (Wildman–Crippen LogP) is 1.90. The SMILES string of the molecule is CCN(Cc1ccc(O)c(O)c1)CC(C)(C)CN. The van der Waals surface area contributed by atoms with E-state index in [1.54, 1.807) is 6.07 Å². The number of hydrogen-bond acceptors (Lipinski definition) is 4. The molecule has 0 amide bonds. The first kappa shape index (κ1) is 14.8. The van der Waals surface area contributed by atoms with Gasteiger partial charge in [0.25, 0.3) is 0 Å². The maximum atomic E-state index is 9.48. The second-order valence-corrected chi connectivity index (χ2v) is 5.49. The number of nitrogens with two attached hydrogens (primary N) is 1. The van der Waals surface area contributed by atoms with E-state index in [4.69, 9.17) is 5.73 Å². The first-order valence-electron chi connectivity index (χ1n) is 6.31. The molecule has 0 spiro atoms. The van der Waals surface area contributed by atoms with E-state index in [2.05, 4.69) is 25.7 Å². The van der Waals surface area contributed by atoms with Crippen LogP contribution in [0.5, 0.6) is 11.5 Å². The Morgan fingerprint density at radius 2 is 1.89 bits per heavy atom. The third-order valence-corrected chi connectivity index (χ3v) is 3.10. The smallest absolute Gasteiger partial charge is 0.157 e. The summed E-state index contributed by atoms with van der Waals surface area (Å²) in [5.74, 6) is -0.147. The lowest BCUT2D eigenvalue weighted by Crippen LogP contribution is -2.38. The third kappa shape index (κ3) is 4.20. The first-order valence-corrected chi connectivity index (χ1v) is 6.31. The summed E-state index contributed by atoms with van der Waals surface area (Å²) in [4.78, 5) is 2.28. The number of benzene rings is 1. The molecule has 4 N–H and O–H groups in total. The summed E-state index contributed by atoms with van der Waals surface area (Å²) in [6.07, 6.45) is 0. The molecular weight excluding hydrogens is 228 g/mol. The summed E-state index contributed by atoms with van der Waals surface area (Å²) in [5.41, 5.74) is 6.81. The molecule has 1 aromatic rings. The van der Waals surface area contributed by atoms with Crippen LogP contribution < -0.4 is 5.73 Å². The van der Waals surface area contributed by atoms with Gasteiger partial charge in [0.1, 0.15) is 0 Å². The maximum absolute atomic E-state index is 9.48. The van der Waals surface area contributed by atoms with Crippen molar-refractivity contribution in [2.24, 2.45) is 11.1 Å². The van der Waals surface area contributed by atoms with Crippen molar-refractivity contribution in [3.8, 4) is 11.5 Å². The fourth-order valence-electron chi connectivity index (χ4n) is 1.87. The molecule has 18 heavy (non-hydrogen) atoms. The summed E-state index contributed by atoms with van der Waals surface area (Å²) in [7, 11) is 0. The highest BCUT2D eigenvalue weighted by molar-refractivity contribution is 5.40. The maximum Gasteiger partial charge on any atom is 0.157 e. The van der Waals surface area contributed by atoms with Gasteiger partial charge in [0.05, 0.1) is 0 Å². The van der Waals surface area contributed by atoms with Crippen LogP contribution in [0.1, 0.15) is 26.3 Å². The monoisotopic (exact) mass is 252 g/mol. The van der Waals surface area contributed by atoms with Crippen LogP contribution in [0.4, 0.5) is 0 Å². The Balaban J connectivity index is 2.71. The van der Waals surface area contributed by atoms with E-state index < -0.39 is 0 Å². The zero-order chi connectivity index (χ0) is 13.8. The van der Waals surface area contributed by atoms with E-state index in [0.29, 0.717) is 6.54 Å². The summed E-state index contributed by atoms with van der Waals surface area (Å²) in [6.45, 7) is 9.60. The van der Waals surface area contributed by atoms with E-state index in [-0.39, 0.29) is 16.9 Å². The van der Waals surface area contributed by atoms with Crippen molar-refractivity contribution in [3.05, 3.63) is 23.8 Å². The zero-order valence-corrected chi connectivity index (χ0v) is 11.5. The Bertz CT molecular complexity index is 391. The van der Waals surface area contributed by atoms with E-state index in [1.807, 2.05) is 6.07 Å². The van der Waals surface area contributed by atoms with Gasteiger partial charge in [-0.1, -0.05) is 26.8 Å². The zero-order valence-electron chi connectivity index (χ0n) is 11.5. The van der Waals surface area contributed by atoms with E-state index in [9.17, 15) is 10.2 Å². The van der Waals surface area contributed by atoms with Gasteiger partial charge in [-0.05, 0) is 36.2 Å². The van der Waals surface area contributed by atoms with Gasteiger partial charge in [-0.3, -0.25) is 4.90 Å². The second kappa shape index (κ2) is 6.07. The Hall–Kier alpha value is -1.26. The second-order valence-electron chi connectivity index (χ2n) is 5.49. The molecule has 1 aromatic carbocycles. The van der Waals surface area contributed by atoms with Crippen molar-refractivity contribution < 1.29 is 10.2 Å². The van der Waals surface area contributed by atoms with Gasteiger partial charge < -0.3 is 15.9 Å². The minimum Gasteiger partial charge on any atom is -0.504 e. The van der Waals surface area contributed by atoms with Gasteiger partial charge in [0.15, 0.2) is 11.5 Å². The molecule has 102 valence electrons. The molecule has 0 bridgehead atoms. The molecule has 0 unspecified atom stereocenters. The molecule has 0 atom stereocenters. The number of phenolic OH excluding ortho intramolecular Hbond substituents is 2. The van der Waals surface area contributed by atoms with E-state index in [0.717, 1.165) is 25.2 Å². The normalized spacial score (nSPS) is 12.1. The lowest BCUT2D eigenvalue weighted by molar-refractivity contribution is 0.183. The Kier molecular flexibility index (Phi) is 4.99. The van der Waals surface area contributed by atoms with Crippen molar-refractivity contribution in [3.63, 3.8) is 0 Å². The molecule has 0 heterocycles. The number of hydrogen-bond donors (Lipinski definition) is 3. The molecule has 4 nitrogen and oxygen atoms in total. The van der Waals surface area contributed by atoms with Crippen LogP contribution in [0.15, 0.2) is 18.2 Å². The van der Waals surface area contributed by atoms with Crippen molar-refractivity contribution in [1.29, 1.82) is 0 Å². The van der Waals surface area contributed by atoms with Crippen molar-refractivity contribution in [2.75, 3.05) is 19.6 Å². The molecule has 0 fully saturated rings. The fourth-order valence-corrected chi connectivity index (χ4v) is 1.87. The van der Waals surface area contributed by atoms with E-state index >= 15 is 0 Å². The average molecular weight is 252 g/mol. The quantitative estimate of drug-likeness (QED) is 0.676. The lowest BCUT2D eigenvalue weighted by atomic mass is 9.93. The number of phenols is 2. The lowest BCUT2D eigenvalue weighted by Gasteiger charge is -2.31. The molecule has 0 aromatic heterocycles. The van der Waals surface area contributed by atoms with Crippen molar-refractivity contribution >= 4 is 0 Å². The van der Waals surface area contributed by atoms with Crippen LogP contribution >= 0.6 is 0 Å². The van der Waals surface area contributed by atoms with Gasteiger partial charge in [0.2, 0.25) is 0 Å². The van der Waals surface area contributed by atoms with Crippen LogP contribution in [-0.2, 0) is 6.54 Å². The molecule has 0 aliphatic rings. The number of rotatable bonds is 6. The highest BCUT2D eigenvalue weighted by atomic mass is 16.3. The minimum absolute atomic E-state index is 0.0679. The number of aromatic hydroxyl groups is 2. The van der Waals surface area contributed by atoms with Crippen molar-refractivity contribution in [2.45, 2.75) is 27.3 Å². The standard InChI is InChI=1S/C14H24N2O2/c1-4-16(10-14(2,3)9-15)8-11-5-6-12(17)13(18)7-11/h5-7,17-18H,4,8-10,15H2,1-3H3. The van der Waals surface area contributed by atoms with Crippen LogP contribution in [0.2, 0.25) is 0 Å². The molecule has 0 saturated carbocycles. The molecule has 0 radical (unpaired) electrons. The Morgan fingerprint density at radius 3 is 2.39 bits per heavy atom. The summed E-state index contributed by atoms with van der Waals surface area (Å²) in [5, 5.41) is 18.8. The molecule has 0 aliphatic heterocycles. The molecule has 1 rings (SSSR count). The highest BCUT2D eigenvalue weighted by Crippen LogP contribution is 2.26. The van der Waals surface area contributed by atoms with Gasteiger partial charge in [-0.25, -0.2) is 0 Å².